The van der Waals surface area contributed by atoms with Crippen LogP contribution in [0.15, 0.2) is 24.3 Å². The summed E-state index contributed by atoms with van der Waals surface area (Å²) in [6.45, 7) is 1.39. The number of hydrogen-bond acceptors (Lipinski definition) is 4. The number of nitrogens with zero attached hydrogens (tertiary/aromatic N) is 1. The summed E-state index contributed by atoms with van der Waals surface area (Å²) in [5.41, 5.74) is 0.806. The lowest BCUT2D eigenvalue weighted by molar-refractivity contribution is -0.123. The average molecular weight is 303 g/mol. The molecule has 0 aromatic heterocycles. The van der Waals surface area contributed by atoms with Crippen LogP contribution < -0.4 is 20.3 Å². The molecular weight excluding hydrogens is 282 g/mol. The highest BCUT2D eigenvalue weighted by Gasteiger charge is 2.33. The monoisotopic (exact) mass is 303 g/mol. The fourth-order valence-corrected chi connectivity index (χ4v) is 3.04. The first-order chi connectivity index (χ1) is 10.7. The van der Waals surface area contributed by atoms with Gasteiger partial charge in [0, 0.05) is 24.7 Å². The first-order valence-electron chi connectivity index (χ1n) is 7.65. The number of rotatable bonds is 4. The molecule has 22 heavy (non-hydrogen) atoms. The molecule has 2 amide bonds. The van der Waals surface area contributed by atoms with Crippen LogP contribution in [0.2, 0.25) is 0 Å². The summed E-state index contributed by atoms with van der Waals surface area (Å²) in [4.78, 5) is 26.0. The Labute approximate surface area is 129 Å². The number of nitrogens with one attached hydrogen (secondary N) is 2. The van der Waals surface area contributed by atoms with Gasteiger partial charge >= 0.3 is 0 Å². The molecule has 0 saturated carbocycles. The molecule has 2 unspecified atom stereocenters. The molecule has 2 saturated heterocycles. The molecule has 1 aromatic carbocycles. The molecule has 2 aliphatic heterocycles. The Morgan fingerprint density at radius 1 is 1.45 bits per heavy atom. The zero-order valence-electron chi connectivity index (χ0n) is 12.7. The van der Waals surface area contributed by atoms with Crippen LogP contribution in [0.5, 0.6) is 5.75 Å². The summed E-state index contributed by atoms with van der Waals surface area (Å²) >= 11 is 0. The minimum atomic E-state index is -0.131. The van der Waals surface area contributed by atoms with E-state index in [2.05, 4.69) is 10.6 Å². The van der Waals surface area contributed by atoms with E-state index < -0.39 is 0 Å². The lowest BCUT2D eigenvalue weighted by Crippen LogP contribution is -2.46. The third-order valence-corrected chi connectivity index (χ3v) is 4.21. The molecular formula is C16H21N3O3. The molecule has 0 radical (unpaired) electrons. The van der Waals surface area contributed by atoms with Gasteiger partial charge in [0.2, 0.25) is 11.8 Å². The van der Waals surface area contributed by atoms with Crippen LogP contribution in [0.25, 0.3) is 0 Å². The molecule has 2 atom stereocenters. The van der Waals surface area contributed by atoms with Crippen molar-refractivity contribution in [3.05, 3.63) is 24.3 Å². The van der Waals surface area contributed by atoms with E-state index in [0.717, 1.165) is 25.1 Å². The molecule has 118 valence electrons. The highest BCUT2D eigenvalue weighted by atomic mass is 16.5. The third-order valence-electron chi connectivity index (χ3n) is 4.21. The van der Waals surface area contributed by atoms with Crippen molar-refractivity contribution in [1.82, 2.24) is 10.6 Å². The number of carbonyl (C=O) groups excluding carboxylic acids is 2. The van der Waals surface area contributed by atoms with Gasteiger partial charge in [-0.25, -0.2) is 0 Å². The first-order valence-corrected chi connectivity index (χ1v) is 7.65. The predicted molar refractivity (Wildman–Crippen MR) is 82.9 cm³/mol. The fraction of sp³-hybridized carbons (Fsp3) is 0.500. The maximum Gasteiger partial charge on any atom is 0.237 e. The van der Waals surface area contributed by atoms with Gasteiger partial charge in [-0.05, 0) is 31.5 Å². The number of ether oxygens (including phenoxy) is 1. The summed E-state index contributed by atoms with van der Waals surface area (Å²) in [5, 5.41) is 6.16. The summed E-state index contributed by atoms with van der Waals surface area (Å²) in [6, 6.07) is 7.17. The van der Waals surface area contributed by atoms with E-state index in [0.29, 0.717) is 18.7 Å². The molecule has 2 fully saturated rings. The minimum absolute atomic E-state index is 0.00259. The largest absolute Gasteiger partial charge is 0.497 e. The molecule has 0 spiro atoms. The van der Waals surface area contributed by atoms with Crippen molar-refractivity contribution >= 4 is 17.5 Å². The van der Waals surface area contributed by atoms with Crippen molar-refractivity contribution in [2.24, 2.45) is 0 Å². The average Bonchev–Trinajstić information content (AvgIpc) is 3.17. The Balaban J connectivity index is 1.63. The van der Waals surface area contributed by atoms with Crippen molar-refractivity contribution in [1.29, 1.82) is 0 Å². The van der Waals surface area contributed by atoms with Gasteiger partial charge in [0.25, 0.3) is 0 Å². The SMILES string of the molecule is COc1cccc(N2CC(NC(=O)C3CCCN3)CC2=O)c1. The molecule has 6 nitrogen and oxygen atoms in total. The van der Waals surface area contributed by atoms with Crippen LogP contribution in [0.4, 0.5) is 5.69 Å². The van der Waals surface area contributed by atoms with Gasteiger partial charge in [0.05, 0.1) is 19.2 Å². The second-order valence-electron chi connectivity index (χ2n) is 5.76. The fourth-order valence-electron chi connectivity index (χ4n) is 3.04. The van der Waals surface area contributed by atoms with Crippen molar-refractivity contribution in [2.45, 2.75) is 31.3 Å². The third kappa shape index (κ3) is 3.06. The topological polar surface area (TPSA) is 70.7 Å². The van der Waals surface area contributed by atoms with Gasteiger partial charge < -0.3 is 20.3 Å². The number of hydrogen-bond donors (Lipinski definition) is 2. The van der Waals surface area contributed by atoms with E-state index in [-0.39, 0.29) is 23.9 Å². The molecule has 0 aliphatic carbocycles. The highest BCUT2D eigenvalue weighted by Crippen LogP contribution is 2.25. The zero-order chi connectivity index (χ0) is 15.5. The molecule has 1 aromatic rings. The van der Waals surface area contributed by atoms with Gasteiger partial charge in [-0.2, -0.15) is 0 Å². The number of benzene rings is 1. The van der Waals surface area contributed by atoms with Crippen LogP contribution in [-0.4, -0.2) is 44.1 Å². The van der Waals surface area contributed by atoms with Crippen molar-refractivity contribution in [2.75, 3.05) is 25.1 Å². The quantitative estimate of drug-likeness (QED) is 0.857. The Morgan fingerprint density at radius 3 is 3.05 bits per heavy atom. The smallest absolute Gasteiger partial charge is 0.237 e. The van der Waals surface area contributed by atoms with E-state index in [1.54, 1.807) is 12.0 Å². The van der Waals surface area contributed by atoms with Gasteiger partial charge in [-0.3, -0.25) is 9.59 Å². The molecule has 2 aliphatic rings. The Kier molecular flexibility index (Phi) is 4.29. The van der Waals surface area contributed by atoms with Crippen LogP contribution in [0.3, 0.4) is 0 Å². The number of methoxy groups -OCH3 is 1. The molecule has 6 heteroatoms. The van der Waals surface area contributed by atoms with E-state index >= 15 is 0 Å². The van der Waals surface area contributed by atoms with Crippen LogP contribution in [-0.2, 0) is 9.59 Å². The standard InChI is InChI=1S/C16H21N3O3/c1-22-13-5-2-4-12(9-13)19-10-11(8-15(19)20)18-16(21)14-6-3-7-17-14/h2,4-5,9,11,14,17H,3,6-8,10H2,1H3,(H,18,21). The molecule has 0 bridgehead atoms. The number of amides is 2. The van der Waals surface area contributed by atoms with Gasteiger partial charge in [-0.15, -0.1) is 0 Å². The van der Waals surface area contributed by atoms with E-state index in [1.165, 1.54) is 0 Å². The Bertz CT molecular complexity index is 570. The lowest BCUT2D eigenvalue weighted by Gasteiger charge is -2.19. The second-order valence-corrected chi connectivity index (χ2v) is 5.76. The normalized spacial score (nSPS) is 24.6. The van der Waals surface area contributed by atoms with Crippen molar-refractivity contribution in [3.63, 3.8) is 0 Å². The van der Waals surface area contributed by atoms with E-state index in [4.69, 9.17) is 4.74 Å². The predicted octanol–water partition coefficient (Wildman–Crippen LogP) is 0.669. The first kappa shape index (κ1) is 14.8. The van der Waals surface area contributed by atoms with Crippen LogP contribution >= 0.6 is 0 Å². The molecule has 2 heterocycles. The van der Waals surface area contributed by atoms with Crippen LogP contribution in [0, 0.1) is 0 Å². The van der Waals surface area contributed by atoms with Crippen LogP contribution in [0.1, 0.15) is 19.3 Å². The van der Waals surface area contributed by atoms with Gasteiger partial charge in [0.15, 0.2) is 0 Å². The van der Waals surface area contributed by atoms with Crippen molar-refractivity contribution < 1.29 is 14.3 Å². The van der Waals surface area contributed by atoms with E-state index in [1.807, 2.05) is 24.3 Å². The summed E-state index contributed by atoms with van der Waals surface area (Å²) < 4.78 is 5.19. The van der Waals surface area contributed by atoms with Gasteiger partial charge in [-0.1, -0.05) is 6.07 Å². The maximum absolute atomic E-state index is 12.2. The summed E-state index contributed by atoms with van der Waals surface area (Å²) in [7, 11) is 1.60. The Hall–Kier alpha value is -2.08. The maximum atomic E-state index is 12.2. The second kappa shape index (κ2) is 6.36. The lowest BCUT2D eigenvalue weighted by atomic mass is 10.2. The van der Waals surface area contributed by atoms with Gasteiger partial charge in [0.1, 0.15) is 5.75 Å². The highest BCUT2D eigenvalue weighted by molar-refractivity contribution is 5.97. The summed E-state index contributed by atoms with van der Waals surface area (Å²) in [5.74, 6) is 0.744. The number of anilines is 1. The summed E-state index contributed by atoms with van der Waals surface area (Å²) in [6.07, 6.45) is 2.24. The molecule has 2 N–H and O–H groups in total. The Morgan fingerprint density at radius 2 is 2.32 bits per heavy atom. The molecule has 3 rings (SSSR count). The van der Waals surface area contributed by atoms with Crippen molar-refractivity contribution in [3.8, 4) is 5.75 Å². The number of carbonyl (C=O) groups is 2. The van der Waals surface area contributed by atoms with E-state index in [9.17, 15) is 9.59 Å². The zero-order valence-corrected chi connectivity index (χ0v) is 12.7. The minimum Gasteiger partial charge on any atom is -0.497 e.